The molecule has 4 heteroatoms. The van der Waals surface area contributed by atoms with E-state index in [1.807, 2.05) is 24.3 Å². The van der Waals surface area contributed by atoms with Gasteiger partial charge in [-0.25, -0.2) is 4.39 Å². The van der Waals surface area contributed by atoms with Gasteiger partial charge >= 0.3 is 0 Å². The van der Waals surface area contributed by atoms with E-state index in [0.29, 0.717) is 10.0 Å². The number of hydrogen-bond donors (Lipinski definition) is 0. The van der Waals surface area contributed by atoms with E-state index in [2.05, 4.69) is 20.9 Å². The van der Waals surface area contributed by atoms with Gasteiger partial charge in [-0.15, -0.1) is 0 Å². The molecule has 0 saturated carbocycles. The second kappa shape index (κ2) is 5.74. The molecule has 0 aliphatic rings. The molecule has 0 aliphatic heterocycles. The molecule has 3 rings (SSSR count). The van der Waals surface area contributed by atoms with Gasteiger partial charge in [0.15, 0.2) is 5.78 Å². The van der Waals surface area contributed by atoms with Crippen LogP contribution in [-0.4, -0.2) is 10.8 Å². The van der Waals surface area contributed by atoms with Crippen LogP contribution in [0, 0.1) is 5.82 Å². The molecule has 0 aliphatic carbocycles. The lowest BCUT2D eigenvalue weighted by Gasteiger charge is -2.07. The molecule has 21 heavy (non-hydrogen) atoms. The van der Waals surface area contributed by atoms with Crippen molar-refractivity contribution in [2.45, 2.75) is 6.42 Å². The van der Waals surface area contributed by atoms with Crippen LogP contribution in [0.1, 0.15) is 15.9 Å². The molecule has 0 bridgehead atoms. The molecule has 2 aromatic carbocycles. The third-order valence-electron chi connectivity index (χ3n) is 3.32. The first-order chi connectivity index (χ1) is 10.1. The average Bonchev–Trinajstić information content (AvgIpc) is 2.49. The van der Waals surface area contributed by atoms with Gasteiger partial charge in [-0.05, 0) is 29.8 Å². The highest BCUT2D eigenvalue weighted by molar-refractivity contribution is 9.10. The van der Waals surface area contributed by atoms with Crippen molar-refractivity contribution >= 4 is 32.6 Å². The van der Waals surface area contributed by atoms with E-state index in [0.717, 1.165) is 16.5 Å². The highest BCUT2D eigenvalue weighted by Gasteiger charge is 2.13. The molecule has 2 nitrogen and oxygen atoms in total. The fourth-order valence-electron chi connectivity index (χ4n) is 2.27. The molecule has 104 valence electrons. The zero-order chi connectivity index (χ0) is 14.8. The topological polar surface area (TPSA) is 30.0 Å². The molecular weight excluding hydrogens is 333 g/mol. The molecule has 3 aromatic rings. The van der Waals surface area contributed by atoms with E-state index in [1.54, 1.807) is 18.3 Å². The van der Waals surface area contributed by atoms with Crippen LogP contribution in [0.5, 0.6) is 0 Å². The van der Waals surface area contributed by atoms with Crippen LogP contribution in [0.2, 0.25) is 0 Å². The van der Waals surface area contributed by atoms with Gasteiger partial charge < -0.3 is 0 Å². The number of halogens is 2. The number of fused-ring (bicyclic) bond motifs is 1. The van der Waals surface area contributed by atoms with E-state index in [1.165, 1.54) is 12.1 Å². The number of nitrogens with zero attached hydrogens (tertiary/aromatic N) is 1. The number of Topliss-reactive ketones (excluding diaryl/α,β-unsaturated/α-hetero) is 1. The van der Waals surface area contributed by atoms with Gasteiger partial charge in [-0.2, -0.15) is 0 Å². The molecule has 0 amide bonds. The summed E-state index contributed by atoms with van der Waals surface area (Å²) < 4.78 is 13.7. The lowest BCUT2D eigenvalue weighted by molar-refractivity contribution is 0.0994. The van der Waals surface area contributed by atoms with Crippen LogP contribution in [0.25, 0.3) is 10.9 Å². The number of benzene rings is 2. The van der Waals surface area contributed by atoms with Gasteiger partial charge in [0.1, 0.15) is 5.82 Å². The number of hydrogen-bond acceptors (Lipinski definition) is 2. The van der Waals surface area contributed by atoms with E-state index in [9.17, 15) is 9.18 Å². The van der Waals surface area contributed by atoms with Crippen molar-refractivity contribution in [2.75, 3.05) is 0 Å². The molecule has 1 aromatic heterocycles. The molecule has 0 atom stereocenters. The standard InChI is InChI=1S/C17H11BrFNO/c18-15-10-12(19)6-5-11(15)9-17(21)14-7-8-20-16-4-2-1-3-13(14)16/h1-8,10H,9H2. The van der Waals surface area contributed by atoms with E-state index < -0.39 is 0 Å². The summed E-state index contributed by atoms with van der Waals surface area (Å²) >= 11 is 3.29. The summed E-state index contributed by atoms with van der Waals surface area (Å²) in [5, 5.41) is 0.836. The monoisotopic (exact) mass is 343 g/mol. The van der Waals surface area contributed by atoms with Gasteiger partial charge in [0.25, 0.3) is 0 Å². The second-order valence-corrected chi connectivity index (χ2v) is 5.57. The molecule has 0 radical (unpaired) electrons. The Kier molecular flexibility index (Phi) is 3.80. The lowest BCUT2D eigenvalue weighted by atomic mass is 10.00. The number of carbonyl (C=O) groups is 1. The Labute approximate surface area is 129 Å². The molecule has 0 unspecified atom stereocenters. The fourth-order valence-corrected chi connectivity index (χ4v) is 2.76. The number of para-hydroxylation sites is 1. The first-order valence-corrected chi connectivity index (χ1v) is 7.25. The maximum absolute atomic E-state index is 13.1. The summed E-state index contributed by atoms with van der Waals surface area (Å²) in [5.41, 5.74) is 2.20. The van der Waals surface area contributed by atoms with Crippen molar-refractivity contribution in [3.63, 3.8) is 0 Å². The van der Waals surface area contributed by atoms with Crippen LogP contribution >= 0.6 is 15.9 Å². The SMILES string of the molecule is O=C(Cc1ccc(F)cc1Br)c1ccnc2ccccc12. The van der Waals surface area contributed by atoms with Crippen molar-refractivity contribution in [1.82, 2.24) is 4.98 Å². The summed E-state index contributed by atoms with van der Waals surface area (Å²) in [7, 11) is 0. The molecule has 0 spiro atoms. The van der Waals surface area contributed by atoms with Crippen molar-refractivity contribution in [3.05, 3.63) is 76.1 Å². The van der Waals surface area contributed by atoms with Gasteiger partial charge in [-0.1, -0.05) is 40.2 Å². The van der Waals surface area contributed by atoms with Crippen LogP contribution in [0.3, 0.4) is 0 Å². The van der Waals surface area contributed by atoms with E-state index in [4.69, 9.17) is 0 Å². The molecule has 0 saturated heterocycles. The second-order valence-electron chi connectivity index (χ2n) is 4.71. The summed E-state index contributed by atoms with van der Waals surface area (Å²) in [6, 6.07) is 13.6. The molecular formula is C17H11BrFNO. The zero-order valence-corrected chi connectivity index (χ0v) is 12.6. The predicted molar refractivity (Wildman–Crippen MR) is 83.9 cm³/mol. The van der Waals surface area contributed by atoms with E-state index in [-0.39, 0.29) is 18.0 Å². The first kappa shape index (κ1) is 13.9. The lowest BCUT2D eigenvalue weighted by Crippen LogP contribution is -2.05. The van der Waals surface area contributed by atoms with Gasteiger partial charge in [0.05, 0.1) is 5.52 Å². The highest BCUT2D eigenvalue weighted by Crippen LogP contribution is 2.22. The predicted octanol–water partition coefficient (Wildman–Crippen LogP) is 4.56. The maximum Gasteiger partial charge on any atom is 0.168 e. The van der Waals surface area contributed by atoms with Crippen LogP contribution < -0.4 is 0 Å². The quantitative estimate of drug-likeness (QED) is 0.652. The third-order valence-corrected chi connectivity index (χ3v) is 4.05. The smallest absolute Gasteiger partial charge is 0.168 e. The molecule has 0 N–H and O–H groups in total. The van der Waals surface area contributed by atoms with Gasteiger partial charge in [-0.3, -0.25) is 9.78 Å². The summed E-state index contributed by atoms with van der Waals surface area (Å²) in [4.78, 5) is 16.8. The Morgan fingerprint density at radius 3 is 2.76 bits per heavy atom. The normalized spacial score (nSPS) is 10.8. The Bertz CT molecular complexity index is 827. The summed E-state index contributed by atoms with van der Waals surface area (Å²) in [6.45, 7) is 0. The maximum atomic E-state index is 13.1. The average molecular weight is 344 g/mol. The number of pyridine rings is 1. The summed E-state index contributed by atoms with van der Waals surface area (Å²) in [5.74, 6) is -0.339. The van der Waals surface area contributed by atoms with Crippen molar-refractivity contribution < 1.29 is 9.18 Å². The molecule has 0 fully saturated rings. The Balaban J connectivity index is 1.97. The van der Waals surface area contributed by atoms with Crippen LogP contribution in [0.4, 0.5) is 4.39 Å². The first-order valence-electron chi connectivity index (χ1n) is 6.46. The van der Waals surface area contributed by atoms with Crippen LogP contribution in [0.15, 0.2) is 59.2 Å². The highest BCUT2D eigenvalue weighted by atomic mass is 79.9. The van der Waals surface area contributed by atoms with E-state index >= 15 is 0 Å². The van der Waals surface area contributed by atoms with Crippen molar-refractivity contribution in [2.24, 2.45) is 0 Å². The minimum absolute atomic E-state index is 0.0130. The largest absolute Gasteiger partial charge is 0.294 e. The van der Waals surface area contributed by atoms with Gasteiger partial charge in [0.2, 0.25) is 0 Å². The number of ketones is 1. The molecule has 1 heterocycles. The zero-order valence-electron chi connectivity index (χ0n) is 11.0. The minimum atomic E-state index is -0.326. The number of aromatic nitrogens is 1. The van der Waals surface area contributed by atoms with Gasteiger partial charge in [0, 0.05) is 28.0 Å². The summed E-state index contributed by atoms with van der Waals surface area (Å²) in [6.07, 6.45) is 1.85. The Morgan fingerprint density at radius 1 is 1.14 bits per heavy atom. The fraction of sp³-hybridized carbons (Fsp3) is 0.0588. The minimum Gasteiger partial charge on any atom is -0.294 e. The Hall–Kier alpha value is -2.07. The Morgan fingerprint density at radius 2 is 1.95 bits per heavy atom. The third kappa shape index (κ3) is 2.85. The number of rotatable bonds is 3. The van der Waals surface area contributed by atoms with Crippen molar-refractivity contribution in [1.29, 1.82) is 0 Å². The van der Waals surface area contributed by atoms with Crippen LogP contribution in [-0.2, 0) is 6.42 Å². The number of carbonyl (C=O) groups excluding carboxylic acids is 1. The van der Waals surface area contributed by atoms with Crippen molar-refractivity contribution in [3.8, 4) is 0 Å².